The average Bonchev–Trinajstić information content (AvgIpc) is 2.33. The molecule has 0 heterocycles. The summed E-state index contributed by atoms with van der Waals surface area (Å²) in [4.78, 5) is 0. The van der Waals surface area contributed by atoms with E-state index in [1.807, 2.05) is 0 Å². The van der Waals surface area contributed by atoms with Gasteiger partial charge in [0.25, 0.3) is 0 Å². The molecule has 4 atom stereocenters. The number of ether oxygens (including phenoxy) is 1. The zero-order valence-electron chi connectivity index (χ0n) is 16.8. The highest BCUT2D eigenvalue weighted by atomic mass is 16.5. The van der Waals surface area contributed by atoms with E-state index >= 15 is 0 Å². The van der Waals surface area contributed by atoms with Crippen molar-refractivity contribution in [2.75, 3.05) is 13.2 Å². The van der Waals surface area contributed by atoms with E-state index in [2.05, 4.69) is 41.5 Å². The van der Waals surface area contributed by atoms with E-state index in [9.17, 15) is 0 Å². The Balaban J connectivity index is 1.61. The molecule has 2 aliphatic carbocycles. The van der Waals surface area contributed by atoms with Crippen LogP contribution in [-0.2, 0) is 4.74 Å². The Morgan fingerprint density at radius 3 is 1.43 bits per heavy atom. The smallest absolute Gasteiger partial charge is 0.0468 e. The molecule has 0 aromatic carbocycles. The zero-order valence-corrected chi connectivity index (χ0v) is 16.8. The lowest BCUT2D eigenvalue weighted by atomic mass is 9.67. The normalized spacial score (nSPS) is 36.8. The summed E-state index contributed by atoms with van der Waals surface area (Å²) in [6.45, 7) is 16.6. The molecule has 0 spiro atoms. The molecule has 0 saturated heterocycles. The summed E-state index contributed by atoms with van der Waals surface area (Å²) >= 11 is 0. The van der Waals surface area contributed by atoms with Crippen LogP contribution < -0.4 is 0 Å². The second-order valence-electron chi connectivity index (χ2n) is 10.7. The highest BCUT2D eigenvalue weighted by Crippen LogP contribution is 2.43. The largest absolute Gasteiger partial charge is 0.381 e. The van der Waals surface area contributed by atoms with E-state index in [-0.39, 0.29) is 0 Å². The minimum absolute atomic E-state index is 0.548. The quantitative estimate of drug-likeness (QED) is 0.494. The molecule has 2 fully saturated rings. The van der Waals surface area contributed by atoms with Crippen molar-refractivity contribution in [1.82, 2.24) is 0 Å². The van der Waals surface area contributed by atoms with Crippen LogP contribution >= 0.6 is 0 Å². The summed E-state index contributed by atoms with van der Waals surface area (Å²) in [5.74, 6) is 3.58. The van der Waals surface area contributed by atoms with Gasteiger partial charge in [-0.25, -0.2) is 0 Å². The van der Waals surface area contributed by atoms with Crippen LogP contribution in [0.5, 0.6) is 0 Å². The molecule has 2 rings (SSSR count). The van der Waals surface area contributed by atoms with Crippen LogP contribution in [0, 0.1) is 34.5 Å². The molecular weight excluding hydrogens is 280 g/mol. The lowest BCUT2D eigenvalue weighted by molar-refractivity contribution is 0.0584. The van der Waals surface area contributed by atoms with Crippen molar-refractivity contribution in [2.45, 2.75) is 92.9 Å². The van der Waals surface area contributed by atoms with Crippen LogP contribution in [0.15, 0.2) is 0 Å². The second-order valence-corrected chi connectivity index (χ2v) is 10.7. The fourth-order valence-electron chi connectivity index (χ4n) is 6.13. The summed E-state index contributed by atoms with van der Waals surface area (Å²) in [6, 6.07) is 0. The van der Waals surface area contributed by atoms with Crippen molar-refractivity contribution >= 4 is 0 Å². The van der Waals surface area contributed by atoms with Crippen molar-refractivity contribution in [3.05, 3.63) is 0 Å². The highest BCUT2D eigenvalue weighted by molar-refractivity contribution is 4.83. The molecule has 2 saturated carbocycles. The molecule has 0 bridgehead atoms. The van der Waals surface area contributed by atoms with Crippen LogP contribution in [0.3, 0.4) is 0 Å². The summed E-state index contributed by atoms with van der Waals surface area (Å²) in [5.41, 5.74) is 1.10. The maximum atomic E-state index is 6.05. The molecule has 0 N–H and O–H groups in total. The summed E-state index contributed by atoms with van der Waals surface area (Å²) in [6.07, 6.45) is 11.0. The topological polar surface area (TPSA) is 9.23 Å². The van der Waals surface area contributed by atoms with Crippen molar-refractivity contribution in [3.63, 3.8) is 0 Å². The molecule has 0 amide bonds. The Labute approximate surface area is 146 Å². The van der Waals surface area contributed by atoms with Gasteiger partial charge in [-0.1, -0.05) is 41.5 Å². The van der Waals surface area contributed by atoms with Crippen molar-refractivity contribution in [1.29, 1.82) is 0 Å². The molecule has 0 aromatic heterocycles. The van der Waals surface area contributed by atoms with Gasteiger partial charge < -0.3 is 4.74 Å². The van der Waals surface area contributed by atoms with E-state index < -0.39 is 0 Å². The van der Waals surface area contributed by atoms with Gasteiger partial charge in [0.05, 0.1) is 0 Å². The first-order chi connectivity index (χ1) is 10.7. The fraction of sp³-hybridized carbons (Fsp3) is 1.00. The van der Waals surface area contributed by atoms with E-state index in [4.69, 9.17) is 4.74 Å². The first-order valence-electron chi connectivity index (χ1n) is 10.2. The van der Waals surface area contributed by atoms with Gasteiger partial charge in [0, 0.05) is 13.2 Å². The van der Waals surface area contributed by atoms with Crippen LogP contribution in [0.1, 0.15) is 92.9 Å². The maximum Gasteiger partial charge on any atom is 0.0468 e. The Hall–Kier alpha value is -0.0400. The SMILES string of the molecule is C[C@H]1C[C@@H](CCOCC[C@@H]2C[C@H](C)CC(C)(C)C2)CC(C)(C)C1. The average molecular weight is 323 g/mol. The number of hydrogen-bond acceptors (Lipinski definition) is 1. The van der Waals surface area contributed by atoms with Gasteiger partial charge in [0.1, 0.15) is 0 Å². The molecule has 136 valence electrons. The van der Waals surface area contributed by atoms with E-state index in [1.54, 1.807) is 0 Å². The molecule has 1 heteroatoms. The number of rotatable bonds is 6. The Kier molecular flexibility index (Phi) is 6.62. The van der Waals surface area contributed by atoms with Crippen molar-refractivity contribution in [2.24, 2.45) is 34.5 Å². The second kappa shape index (κ2) is 7.89. The molecule has 2 aliphatic rings. The lowest BCUT2D eigenvalue weighted by Crippen LogP contribution is -2.29. The summed E-state index contributed by atoms with van der Waals surface area (Å²) in [7, 11) is 0. The van der Waals surface area contributed by atoms with E-state index in [1.165, 1.54) is 51.4 Å². The fourth-order valence-corrected chi connectivity index (χ4v) is 6.13. The van der Waals surface area contributed by atoms with Crippen LogP contribution in [0.2, 0.25) is 0 Å². The monoisotopic (exact) mass is 322 g/mol. The van der Waals surface area contributed by atoms with Gasteiger partial charge >= 0.3 is 0 Å². The maximum absolute atomic E-state index is 6.05. The first kappa shape index (κ1) is 19.3. The number of hydrogen-bond donors (Lipinski definition) is 0. The van der Waals surface area contributed by atoms with Crippen LogP contribution in [-0.4, -0.2) is 13.2 Å². The first-order valence-corrected chi connectivity index (χ1v) is 10.2. The van der Waals surface area contributed by atoms with Gasteiger partial charge in [-0.2, -0.15) is 0 Å². The third-order valence-electron chi connectivity index (χ3n) is 6.30. The third kappa shape index (κ3) is 6.77. The van der Waals surface area contributed by atoms with Gasteiger partial charge in [0.2, 0.25) is 0 Å². The molecule has 0 radical (unpaired) electrons. The minimum Gasteiger partial charge on any atom is -0.381 e. The van der Waals surface area contributed by atoms with Gasteiger partial charge in [-0.3, -0.25) is 0 Å². The van der Waals surface area contributed by atoms with Gasteiger partial charge in [-0.05, 0) is 85.9 Å². The minimum atomic E-state index is 0.548. The van der Waals surface area contributed by atoms with Gasteiger partial charge in [-0.15, -0.1) is 0 Å². The predicted molar refractivity (Wildman–Crippen MR) is 101 cm³/mol. The van der Waals surface area contributed by atoms with Crippen LogP contribution in [0.25, 0.3) is 0 Å². The standard InChI is InChI=1S/C22H42O/c1-17-11-19(15-21(3,4)13-17)7-9-23-10-8-20-12-18(2)14-22(5,6)16-20/h17-20H,7-16H2,1-6H3/t17-,18-,19+,20+/m0/s1. The molecule has 0 aliphatic heterocycles. The molecule has 0 aromatic rings. The lowest BCUT2D eigenvalue weighted by Gasteiger charge is -2.39. The van der Waals surface area contributed by atoms with Crippen LogP contribution in [0.4, 0.5) is 0 Å². The van der Waals surface area contributed by atoms with E-state index in [0.29, 0.717) is 10.8 Å². The Bertz CT molecular complexity index is 323. The predicted octanol–water partition coefficient (Wildman–Crippen LogP) is 6.71. The molecule has 0 unspecified atom stereocenters. The summed E-state index contributed by atoms with van der Waals surface area (Å²) < 4.78 is 6.05. The zero-order chi connectivity index (χ0) is 17.1. The Morgan fingerprint density at radius 2 is 1.09 bits per heavy atom. The molecule has 23 heavy (non-hydrogen) atoms. The van der Waals surface area contributed by atoms with E-state index in [0.717, 1.165) is 36.9 Å². The third-order valence-corrected chi connectivity index (χ3v) is 6.30. The molecule has 1 nitrogen and oxygen atoms in total. The summed E-state index contributed by atoms with van der Waals surface area (Å²) in [5, 5.41) is 0. The molecular formula is C22H42O. The van der Waals surface area contributed by atoms with Gasteiger partial charge in [0.15, 0.2) is 0 Å². The van der Waals surface area contributed by atoms with Crippen molar-refractivity contribution < 1.29 is 4.74 Å². The van der Waals surface area contributed by atoms with Crippen molar-refractivity contribution in [3.8, 4) is 0 Å². The Morgan fingerprint density at radius 1 is 0.696 bits per heavy atom. The highest BCUT2D eigenvalue weighted by Gasteiger charge is 2.32.